The molecule has 0 spiro atoms. The third kappa shape index (κ3) is 2.82. The van der Waals surface area contributed by atoms with E-state index < -0.39 is 0 Å². The van der Waals surface area contributed by atoms with Crippen LogP contribution in [-0.2, 0) is 11.5 Å². The number of methoxy groups -OCH3 is 1. The molecule has 29 heavy (non-hydrogen) atoms. The van der Waals surface area contributed by atoms with Gasteiger partial charge < -0.3 is 15.0 Å². The Kier molecular flexibility index (Phi) is 3.99. The van der Waals surface area contributed by atoms with E-state index in [1.165, 1.54) is 28.0 Å². The molecule has 1 aromatic heterocycles. The van der Waals surface area contributed by atoms with Crippen LogP contribution in [0.4, 0.5) is 15.8 Å². The first kappa shape index (κ1) is 17.6. The maximum Gasteiger partial charge on any atom is 0.272 e. The predicted octanol–water partition coefficient (Wildman–Crippen LogP) is 1.26. The molecule has 1 N–H and O–H groups in total. The summed E-state index contributed by atoms with van der Waals surface area (Å²) in [5.41, 5.74) is 2.11. The van der Waals surface area contributed by atoms with Crippen molar-refractivity contribution in [2.24, 2.45) is 4.99 Å². The number of carbonyl (C=O) groups is 1. The van der Waals surface area contributed by atoms with Crippen LogP contribution in [-0.4, -0.2) is 24.3 Å². The van der Waals surface area contributed by atoms with Crippen molar-refractivity contribution in [3.8, 4) is 5.75 Å². The molecular weight excluding hydrogens is 395 g/mol. The van der Waals surface area contributed by atoms with Crippen molar-refractivity contribution in [3.05, 3.63) is 73.5 Å². The molecule has 0 atom stereocenters. The number of hydrogen-bond acceptors (Lipinski definition) is 6. The number of halogens is 1. The summed E-state index contributed by atoms with van der Waals surface area (Å²) in [6.07, 6.45) is 0. The summed E-state index contributed by atoms with van der Waals surface area (Å²) in [6.45, 7) is 0.622. The first-order chi connectivity index (χ1) is 14.0. The third-order valence-electron chi connectivity index (χ3n) is 4.94. The molecule has 0 radical (unpaired) electrons. The lowest BCUT2D eigenvalue weighted by Crippen LogP contribution is -2.43. The lowest BCUT2D eigenvalue weighted by molar-refractivity contribution is -0.110. The molecule has 0 aliphatic carbocycles. The van der Waals surface area contributed by atoms with Gasteiger partial charge in [-0.3, -0.25) is 14.2 Å². The number of hydrogen-bond donors (Lipinski definition) is 1. The van der Waals surface area contributed by atoms with E-state index in [1.54, 1.807) is 37.4 Å². The summed E-state index contributed by atoms with van der Waals surface area (Å²) in [5.74, 6) is -0.0394. The first-order valence-corrected chi connectivity index (χ1v) is 9.65. The number of rotatable bonds is 2. The van der Waals surface area contributed by atoms with Gasteiger partial charge in [-0.2, -0.15) is 0 Å². The number of anilines is 2. The Morgan fingerprint density at radius 3 is 2.72 bits per heavy atom. The van der Waals surface area contributed by atoms with E-state index in [0.717, 1.165) is 5.69 Å². The molecule has 2 aliphatic heterocycles. The van der Waals surface area contributed by atoms with E-state index in [0.29, 0.717) is 38.6 Å². The molecule has 2 aromatic carbocycles. The minimum absolute atomic E-state index is 0.276. The molecule has 1 amide bonds. The molecule has 9 heteroatoms. The van der Waals surface area contributed by atoms with Gasteiger partial charge in [0, 0.05) is 16.9 Å². The average Bonchev–Trinajstić information content (AvgIpc) is 3.23. The Labute approximate surface area is 168 Å². The van der Waals surface area contributed by atoms with Crippen LogP contribution in [0.3, 0.4) is 0 Å². The van der Waals surface area contributed by atoms with E-state index in [-0.39, 0.29) is 24.0 Å². The molecule has 0 saturated heterocycles. The van der Waals surface area contributed by atoms with Gasteiger partial charge in [-0.15, -0.1) is 0 Å². The van der Waals surface area contributed by atoms with Gasteiger partial charge in [-0.1, -0.05) is 11.3 Å². The standard InChI is InChI=1S/C20H15FN4O3S/c1-28-13-6-7-15-14(8-13)16(18(26)23-15)17-19(27)25-10-24(9-22-20(25)29-17)12-4-2-11(21)3-5-12/h2-8H,9-10H2,1H3,(H,23,26)/b17-16+. The smallest absolute Gasteiger partial charge is 0.272 e. The minimum atomic E-state index is -0.323. The molecule has 3 heterocycles. The van der Waals surface area contributed by atoms with Crippen molar-refractivity contribution in [2.45, 2.75) is 6.67 Å². The van der Waals surface area contributed by atoms with E-state index in [9.17, 15) is 14.0 Å². The average molecular weight is 410 g/mol. The van der Waals surface area contributed by atoms with Gasteiger partial charge in [0.2, 0.25) is 0 Å². The fourth-order valence-corrected chi connectivity index (χ4v) is 4.53. The van der Waals surface area contributed by atoms with Crippen molar-refractivity contribution < 1.29 is 13.9 Å². The molecule has 7 nitrogen and oxygen atoms in total. The van der Waals surface area contributed by atoms with Gasteiger partial charge in [0.15, 0.2) is 4.80 Å². The molecule has 0 bridgehead atoms. The lowest BCUT2D eigenvalue weighted by Gasteiger charge is -2.25. The van der Waals surface area contributed by atoms with Crippen LogP contribution in [0, 0.1) is 5.82 Å². The SMILES string of the molecule is COc1ccc2c(c1)/C(=c1\sc3n(c1=O)CN(c1ccc(F)cc1)CN=3)C(=O)N2. The van der Waals surface area contributed by atoms with Crippen molar-refractivity contribution in [2.75, 3.05) is 24.0 Å². The highest BCUT2D eigenvalue weighted by Crippen LogP contribution is 2.32. The third-order valence-corrected chi connectivity index (χ3v) is 6.06. The molecule has 2 aliphatic rings. The molecular formula is C20H15FN4O3S. The second kappa shape index (κ2) is 6.56. The fraction of sp³-hybridized carbons (Fsp3) is 0.150. The van der Waals surface area contributed by atoms with Crippen LogP contribution in [0.1, 0.15) is 5.56 Å². The number of fused-ring (bicyclic) bond motifs is 2. The quantitative estimate of drug-likeness (QED) is 0.690. The van der Waals surface area contributed by atoms with Crippen LogP contribution in [0.25, 0.3) is 5.57 Å². The van der Waals surface area contributed by atoms with Crippen LogP contribution < -0.4 is 29.8 Å². The summed E-state index contributed by atoms with van der Waals surface area (Å²) < 4.78 is 20.3. The van der Waals surface area contributed by atoms with E-state index >= 15 is 0 Å². The molecule has 0 saturated carbocycles. The van der Waals surface area contributed by atoms with Crippen molar-refractivity contribution in [1.82, 2.24) is 4.57 Å². The van der Waals surface area contributed by atoms with Crippen LogP contribution in [0.5, 0.6) is 5.75 Å². The van der Waals surface area contributed by atoms with Crippen molar-refractivity contribution in [3.63, 3.8) is 0 Å². The second-order valence-corrected chi connectivity index (χ2v) is 7.62. The molecule has 5 rings (SSSR count). The second-order valence-electron chi connectivity index (χ2n) is 6.64. The number of nitrogens with zero attached hydrogens (tertiary/aromatic N) is 3. The summed E-state index contributed by atoms with van der Waals surface area (Å²) in [6, 6.07) is 11.3. The number of carbonyl (C=O) groups excluding carboxylic acids is 1. The van der Waals surface area contributed by atoms with Crippen molar-refractivity contribution in [1.29, 1.82) is 0 Å². The Hall–Kier alpha value is -3.46. The first-order valence-electron chi connectivity index (χ1n) is 8.84. The maximum atomic E-state index is 13.2. The lowest BCUT2D eigenvalue weighted by atomic mass is 10.1. The molecule has 146 valence electrons. The van der Waals surface area contributed by atoms with Crippen molar-refractivity contribution >= 4 is 34.2 Å². The number of benzene rings is 2. The highest BCUT2D eigenvalue weighted by atomic mass is 32.1. The van der Waals surface area contributed by atoms with Gasteiger partial charge in [-0.05, 0) is 42.5 Å². The zero-order valence-corrected chi connectivity index (χ0v) is 16.1. The normalized spacial score (nSPS) is 16.8. The topological polar surface area (TPSA) is 75.9 Å². The highest BCUT2D eigenvalue weighted by Gasteiger charge is 2.28. The van der Waals surface area contributed by atoms with Gasteiger partial charge in [0.25, 0.3) is 11.5 Å². The Balaban J connectivity index is 1.64. The summed E-state index contributed by atoms with van der Waals surface area (Å²) in [4.78, 5) is 32.6. The monoisotopic (exact) mass is 410 g/mol. The Bertz CT molecular complexity index is 1330. The number of aromatic nitrogens is 1. The number of nitrogens with one attached hydrogen (secondary N) is 1. The summed E-state index contributed by atoms with van der Waals surface area (Å²) in [7, 11) is 1.55. The summed E-state index contributed by atoms with van der Waals surface area (Å²) in [5, 5.41) is 2.80. The van der Waals surface area contributed by atoms with Gasteiger partial charge in [0.05, 0.1) is 12.7 Å². The van der Waals surface area contributed by atoms with Gasteiger partial charge in [-0.25, -0.2) is 9.38 Å². The Morgan fingerprint density at radius 1 is 1.17 bits per heavy atom. The van der Waals surface area contributed by atoms with Gasteiger partial charge in [0.1, 0.15) is 29.4 Å². The fourth-order valence-electron chi connectivity index (χ4n) is 3.48. The number of thiazole rings is 1. The zero-order chi connectivity index (χ0) is 20.1. The molecule has 0 unspecified atom stereocenters. The molecule has 3 aromatic rings. The van der Waals surface area contributed by atoms with Gasteiger partial charge >= 0.3 is 0 Å². The zero-order valence-electron chi connectivity index (χ0n) is 15.3. The summed E-state index contributed by atoms with van der Waals surface area (Å²) >= 11 is 1.20. The predicted molar refractivity (Wildman–Crippen MR) is 107 cm³/mol. The van der Waals surface area contributed by atoms with Crippen LogP contribution in [0.15, 0.2) is 52.3 Å². The highest BCUT2D eigenvalue weighted by molar-refractivity contribution is 7.07. The minimum Gasteiger partial charge on any atom is -0.497 e. The maximum absolute atomic E-state index is 13.2. The number of amides is 1. The largest absolute Gasteiger partial charge is 0.497 e. The Morgan fingerprint density at radius 2 is 1.97 bits per heavy atom. The van der Waals surface area contributed by atoms with E-state index in [2.05, 4.69) is 10.3 Å². The molecule has 0 fully saturated rings. The van der Waals surface area contributed by atoms with Crippen LogP contribution >= 0.6 is 11.3 Å². The van der Waals surface area contributed by atoms with E-state index in [1.807, 2.05) is 4.90 Å². The van der Waals surface area contributed by atoms with E-state index in [4.69, 9.17) is 4.74 Å². The van der Waals surface area contributed by atoms with Crippen LogP contribution in [0.2, 0.25) is 0 Å². The number of ether oxygens (including phenoxy) is 1.